The largest absolute Gasteiger partial charge is 0.346 e. The SMILES string of the molecule is CCC(CC)(NS(=O)(=O)c1cc(Cl)cc(Cl)c1)P(=O)(O)O. The molecule has 6 nitrogen and oxygen atoms in total. The van der Waals surface area contributed by atoms with E-state index in [0.29, 0.717) is 0 Å². The first-order valence-corrected chi connectivity index (χ1v) is 9.88. The summed E-state index contributed by atoms with van der Waals surface area (Å²) in [5.74, 6) is 0. The molecule has 0 fully saturated rings. The maximum atomic E-state index is 12.3. The summed E-state index contributed by atoms with van der Waals surface area (Å²) in [7, 11) is -8.89. The summed E-state index contributed by atoms with van der Waals surface area (Å²) in [5, 5.41) is -1.64. The van der Waals surface area contributed by atoms with E-state index in [4.69, 9.17) is 23.2 Å². The number of benzene rings is 1. The van der Waals surface area contributed by atoms with Crippen LogP contribution in [0.2, 0.25) is 10.0 Å². The van der Waals surface area contributed by atoms with Crippen molar-refractivity contribution < 1.29 is 22.8 Å². The fraction of sp³-hybridized carbons (Fsp3) is 0.455. The van der Waals surface area contributed by atoms with E-state index in [9.17, 15) is 22.8 Å². The zero-order valence-corrected chi connectivity index (χ0v) is 14.6. The monoisotopic (exact) mass is 375 g/mol. The molecule has 0 aliphatic heterocycles. The van der Waals surface area contributed by atoms with Crippen LogP contribution in [0, 0.1) is 0 Å². The fourth-order valence-corrected chi connectivity index (χ4v) is 5.64. The van der Waals surface area contributed by atoms with Crippen LogP contribution in [0.5, 0.6) is 0 Å². The zero-order valence-electron chi connectivity index (χ0n) is 11.4. The summed E-state index contributed by atoms with van der Waals surface area (Å²) in [4.78, 5) is 18.7. The van der Waals surface area contributed by atoms with Crippen LogP contribution in [-0.2, 0) is 14.6 Å². The number of sulfonamides is 1. The molecule has 1 aromatic carbocycles. The Kier molecular flexibility index (Phi) is 5.89. The predicted octanol–water partition coefficient (Wildman–Crippen LogP) is 2.97. The Morgan fingerprint density at radius 3 is 1.90 bits per heavy atom. The Morgan fingerprint density at radius 1 is 1.14 bits per heavy atom. The lowest BCUT2D eigenvalue weighted by atomic mass is 10.2. The van der Waals surface area contributed by atoms with Crippen LogP contribution in [0.3, 0.4) is 0 Å². The van der Waals surface area contributed by atoms with Gasteiger partial charge in [-0.15, -0.1) is 0 Å². The van der Waals surface area contributed by atoms with Gasteiger partial charge < -0.3 is 9.79 Å². The number of halogens is 2. The first-order valence-electron chi connectivity index (χ1n) is 6.03. The number of hydrogen-bond acceptors (Lipinski definition) is 3. The second-order valence-corrected chi connectivity index (χ2v) is 8.99. The molecule has 0 aliphatic carbocycles. The lowest BCUT2D eigenvalue weighted by Gasteiger charge is -2.32. The molecule has 120 valence electrons. The van der Waals surface area contributed by atoms with E-state index < -0.39 is 22.9 Å². The molecule has 0 saturated heterocycles. The Balaban J connectivity index is 3.34. The lowest BCUT2D eigenvalue weighted by molar-refractivity contribution is 0.304. The lowest BCUT2D eigenvalue weighted by Crippen LogP contribution is -2.47. The minimum absolute atomic E-state index is 0.0681. The molecule has 21 heavy (non-hydrogen) atoms. The standard InChI is InChI=1S/C11H16Cl2NO5PS/c1-3-11(4-2,20(15,16)17)14-21(18,19)10-6-8(12)5-9(13)7-10/h5-7,14H,3-4H2,1-2H3,(H2,15,16,17). The molecule has 0 amide bonds. The van der Waals surface area contributed by atoms with E-state index in [1.807, 2.05) is 0 Å². The van der Waals surface area contributed by atoms with Gasteiger partial charge in [0.1, 0.15) is 5.28 Å². The molecule has 1 aromatic rings. The van der Waals surface area contributed by atoms with Crippen molar-refractivity contribution in [3.63, 3.8) is 0 Å². The molecule has 0 bridgehead atoms. The zero-order chi connectivity index (χ0) is 16.5. The minimum atomic E-state index is -4.70. The van der Waals surface area contributed by atoms with Gasteiger partial charge in [-0.3, -0.25) is 4.57 Å². The van der Waals surface area contributed by atoms with Crippen molar-refractivity contribution in [1.82, 2.24) is 4.72 Å². The van der Waals surface area contributed by atoms with E-state index >= 15 is 0 Å². The first kappa shape index (κ1) is 18.9. The van der Waals surface area contributed by atoms with Crippen LogP contribution in [0.25, 0.3) is 0 Å². The Hall–Kier alpha value is -0.140. The average Bonchev–Trinajstić information content (AvgIpc) is 2.33. The highest BCUT2D eigenvalue weighted by atomic mass is 35.5. The summed E-state index contributed by atoms with van der Waals surface area (Å²) in [6.45, 7) is 2.99. The van der Waals surface area contributed by atoms with Crippen molar-refractivity contribution in [3.8, 4) is 0 Å². The van der Waals surface area contributed by atoms with Crippen LogP contribution in [0.4, 0.5) is 0 Å². The quantitative estimate of drug-likeness (QED) is 0.663. The summed E-state index contributed by atoms with van der Waals surface area (Å²) in [6.07, 6.45) is -0.136. The average molecular weight is 376 g/mol. The Morgan fingerprint density at radius 2 is 1.57 bits per heavy atom. The van der Waals surface area contributed by atoms with Crippen molar-refractivity contribution in [3.05, 3.63) is 28.2 Å². The van der Waals surface area contributed by atoms with Crippen LogP contribution in [0.1, 0.15) is 26.7 Å². The van der Waals surface area contributed by atoms with Crippen LogP contribution in [0.15, 0.2) is 23.1 Å². The Bertz CT molecular complexity index is 649. The summed E-state index contributed by atoms with van der Waals surface area (Å²) >= 11 is 11.5. The molecular formula is C11H16Cl2NO5PS. The molecule has 0 heterocycles. The van der Waals surface area contributed by atoms with E-state index in [0.717, 1.165) is 12.1 Å². The summed E-state index contributed by atoms with van der Waals surface area (Å²) in [5.41, 5.74) is 0. The molecule has 10 heteroatoms. The molecule has 0 spiro atoms. The van der Waals surface area contributed by atoms with Crippen molar-refractivity contribution in [1.29, 1.82) is 0 Å². The van der Waals surface area contributed by atoms with Gasteiger partial charge in [0.25, 0.3) is 0 Å². The van der Waals surface area contributed by atoms with Crippen molar-refractivity contribution >= 4 is 40.8 Å². The molecule has 1 rings (SSSR count). The maximum absolute atomic E-state index is 12.3. The van der Waals surface area contributed by atoms with Gasteiger partial charge in [0.05, 0.1) is 4.90 Å². The molecular weight excluding hydrogens is 360 g/mol. The molecule has 0 aliphatic rings. The maximum Gasteiger partial charge on any atom is 0.346 e. The number of nitrogens with one attached hydrogen (secondary N) is 1. The van der Waals surface area contributed by atoms with Gasteiger partial charge in [0.15, 0.2) is 0 Å². The van der Waals surface area contributed by atoms with Gasteiger partial charge in [-0.25, -0.2) is 8.42 Å². The Labute approximate surface area is 133 Å². The van der Waals surface area contributed by atoms with Crippen molar-refractivity contribution in [2.45, 2.75) is 36.9 Å². The molecule has 0 aromatic heterocycles. The fourth-order valence-electron chi connectivity index (χ4n) is 1.86. The van der Waals surface area contributed by atoms with E-state index in [1.165, 1.54) is 19.9 Å². The smallest absolute Gasteiger partial charge is 0.323 e. The number of rotatable bonds is 6. The predicted molar refractivity (Wildman–Crippen MR) is 82.1 cm³/mol. The number of hydrogen-bond donors (Lipinski definition) is 3. The van der Waals surface area contributed by atoms with E-state index in [2.05, 4.69) is 4.72 Å². The highest BCUT2D eigenvalue weighted by Gasteiger charge is 2.47. The second-order valence-electron chi connectivity index (χ2n) is 4.49. The molecule has 0 atom stereocenters. The van der Waals surface area contributed by atoms with Crippen molar-refractivity contribution in [2.75, 3.05) is 0 Å². The van der Waals surface area contributed by atoms with Gasteiger partial charge in [-0.2, -0.15) is 4.72 Å². The van der Waals surface area contributed by atoms with Gasteiger partial charge in [0, 0.05) is 10.0 Å². The van der Waals surface area contributed by atoms with Gasteiger partial charge in [-0.1, -0.05) is 37.0 Å². The summed E-state index contributed by atoms with van der Waals surface area (Å²) < 4.78 is 38.5. The third kappa shape index (κ3) is 4.20. The third-order valence-corrected chi connectivity index (χ3v) is 7.16. The minimum Gasteiger partial charge on any atom is -0.323 e. The third-order valence-electron chi connectivity index (χ3n) is 3.20. The van der Waals surface area contributed by atoms with Crippen LogP contribution >= 0.6 is 30.8 Å². The molecule has 3 N–H and O–H groups in total. The highest BCUT2D eigenvalue weighted by molar-refractivity contribution is 7.90. The van der Waals surface area contributed by atoms with Gasteiger partial charge in [-0.05, 0) is 31.0 Å². The molecule has 0 radical (unpaired) electrons. The van der Waals surface area contributed by atoms with Gasteiger partial charge >= 0.3 is 7.60 Å². The van der Waals surface area contributed by atoms with E-state index in [1.54, 1.807) is 0 Å². The van der Waals surface area contributed by atoms with Crippen molar-refractivity contribution in [2.24, 2.45) is 0 Å². The topological polar surface area (TPSA) is 104 Å². The highest BCUT2D eigenvalue weighted by Crippen LogP contribution is 2.53. The normalized spacial score (nSPS) is 13.4. The van der Waals surface area contributed by atoms with Gasteiger partial charge in [0.2, 0.25) is 10.0 Å². The van der Waals surface area contributed by atoms with Crippen LogP contribution in [-0.4, -0.2) is 23.5 Å². The van der Waals surface area contributed by atoms with Crippen LogP contribution < -0.4 is 4.72 Å². The molecule has 0 saturated carbocycles. The second kappa shape index (κ2) is 6.54. The van der Waals surface area contributed by atoms with E-state index in [-0.39, 0.29) is 27.8 Å². The first-order chi connectivity index (χ1) is 9.47. The summed E-state index contributed by atoms with van der Waals surface area (Å²) in [6, 6.07) is 3.68. The molecule has 0 unspecified atom stereocenters.